The second-order valence-corrected chi connectivity index (χ2v) is 7.54. The number of hydrogen-bond donors (Lipinski definition) is 6. The second-order valence-electron chi connectivity index (χ2n) is 7.54. The molecule has 0 aromatic carbocycles. The first-order valence-electron chi connectivity index (χ1n) is 9.84. The zero-order valence-corrected chi connectivity index (χ0v) is 16.2. The van der Waals surface area contributed by atoms with Gasteiger partial charge in [-0.1, -0.05) is 0 Å². The smallest absolute Gasteiger partial charge is 0.161 e. The van der Waals surface area contributed by atoms with Crippen molar-refractivity contribution in [2.75, 3.05) is 19.8 Å². The van der Waals surface area contributed by atoms with Crippen molar-refractivity contribution in [1.82, 2.24) is 0 Å². The average Bonchev–Trinajstić information content (AvgIpc) is 2.67. The van der Waals surface area contributed by atoms with Gasteiger partial charge in [-0.15, -0.1) is 0 Å². The van der Waals surface area contributed by atoms with Gasteiger partial charge >= 0.3 is 0 Å². The van der Waals surface area contributed by atoms with Crippen LogP contribution in [0.25, 0.3) is 0 Å². The standard InChI is InChI=1S/C18H34O10/c1-10(7-19)25-16(24)3-2-12-6-14(23)18(15(9-21)26-12)28-17-5-11(22)4-13(8-20)27-17/h10-24H,2-9H2,1H3. The predicted molar refractivity (Wildman–Crippen MR) is 95.1 cm³/mol. The van der Waals surface area contributed by atoms with E-state index >= 15 is 0 Å². The molecule has 2 rings (SSSR count). The lowest BCUT2D eigenvalue weighted by molar-refractivity contribution is -0.287. The van der Waals surface area contributed by atoms with E-state index in [2.05, 4.69) is 0 Å². The molecule has 6 N–H and O–H groups in total. The molecule has 10 heteroatoms. The summed E-state index contributed by atoms with van der Waals surface area (Å²) in [7, 11) is 0. The van der Waals surface area contributed by atoms with E-state index in [0.29, 0.717) is 12.8 Å². The van der Waals surface area contributed by atoms with Crippen LogP contribution in [0.4, 0.5) is 0 Å². The normalized spacial score (nSPS) is 38.9. The Morgan fingerprint density at radius 2 is 1.75 bits per heavy atom. The summed E-state index contributed by atoms with van der Waals surface area (Å²) in [5.41, 5.74) is 0. The summed E-state index contributed by atoms with van der Waals surface area (Å²) in [5, 5.41) is 58.0. The molecule has 0 bridgehead atoms. The van der Waals surface area contributed by atoms with Crippen molar-refractivity contribution in [1.29, 1.82) is 0 Å². The molecule has 2 aliphatic heterocycles. The first kappa shape index (κ1) is 23.9. The van der Waals surface area contributed by atoms with Crippen molar-refractivity contribution >= 4 is 0 Å². The number of aliphatic hydroxyl groups is 6. The number of rotatable bonds is 10. The lowest BCUT2D eigenvalue weighted by Crippen LogP contribution is -2.54. The van der Waals surface area contributed by atoms with Gasteiger partial charge in [0.1, 0.15) is 12.2 Å². The maximum atomic E-state index is 10.5. The van der Waals surface area contributed by atoms with E-state index in [1.54, 1.807) is 6.92 Å². The van der Waals surface area contributed by atoms with Crippen molar-refractivity contribution in [3.8, 4) is 0 Å². The zero-order valence-electron chi connectivity index (χ0n) is 16.2. The fraction of sp³-hybridized carbons (Fsp3) is 1.00. The molecule has 2 heterocycles. The molecule has 0 aromatic rings. The zero-order chi connectivity index (χ0) is 20.7. The van der Waals surface area contributed by atoms with E-state index in [1.165, 1.54) is 0 Å². The van der Waals surface area contributed by atoms with E-state index in [4.69, 9.17) is 24.1 Å². The Hall–Kier alpha value is -0.400. The van der Waals surface area contributed by atoms with Crippen LogP contribution in [0.15, 0.2) is 0 Å². The van der Waals surface area contributed by atoms with Gasteiger partial charge in [-0.25, -0.2) is 0 Å². The largest absolute Gasteiger partial charge is 0.394 e. The topological polar surface area (TPSA) is 158 Å². The van der Waals surface area contributed by atoms with Crippen LogP contribution in [0.5, 0.6) is 0 Å². The lowest BCUT2D eigenvalue weighted by Gasteiger charge is -2.42. The Morgan fingerprint density at radius 1 is 1.00 bits per heavy atom. The number of hydrogen-bond acceptors (Lipinski definition) is 10. The van der Waals surface area contributed by atoms with Gasteiger partial charge in [0, 0.05) is 25.7 Å². The van der Waals surface area contributed by atoms with Gasteiger partial charge in [0.2, 0.25) is 0 Å². The Labute approximate surface area is 164 Å². The van der Waals surface area contributed by atoms with Gasteiger partial charge < -0.3 is 49.6 Å². The van der Waals surface area contributed by atoms with Crippen LogP contribution in [0.2, 0.25) is 0 Å². The Kier molecular flexibility index (Phi) is 9.98. The van der Waals surface area contributed by atoms with E-state index in [0.717, 1.165) is 0 Å². The van der Waals surface area contributed by atoms with E-state index in [9.17, 15) is 25.5 Å². The van der Waals surface area contributed by atoms with Crippen LogP contribution in [-0.2, 0) is 18.9 Å². The second kappa shape index (κ2) is 11.7. The maximum Gasteiger partial charge on any atom is 0.161 e. The molecule has 166 valence electrons. The third-order valence-electron chi connectivity index (χ3n) is 5.04. The van der Waals surface area contributed by atoms with Gasteiger partial charge in [0.15, 0.2) is 12.6 Å². The van der Waals surface area contributed by atoms with E-state index in [1.807, 2.05) is 0 Å². The van der Waals surface area contributed by atoms with Crippen LogP contribution in [0.1, 0.15) is 39.0 Å². The monoisotopic (exact) mass is 410 g/mol. The third-order valence-corrected chi connectivity index (χ3v) is 5.04. The van der Waals surface area contributed by atoms with Crippen LogP contribution < -0.4 is 0 Å². The number of ether oxygens (including phenoxy) is 4. The summed E-state index contributed by atoms with van der Waals surface area (Å²) >= 11 is 0. The molecule has 0 amide bonds. The Bertz CT molecular complexity index is 439. The van der Waals surface area contributed by atoms with Gasteiger partial charge in [0.25, 0.3) is 0 Å². The highest BCUT2D eigenvalue weighted by Gasteiger charge is 2.41. The molecule has 2 aliphatic rings. The minimum absolute atomic E-state index is 0.198. The SMILES string of the molecule is CC(CO)OC(O)CCC1CC(O)C(OC2CC(O)CC(CO)O2)C(CO)O1. The summed E-state index contributed by atoms with van der Waals surface area (Å²) in [4.78, 5) is 0. The predicted octanol–water partition coefficient (Wildman–Crippen LogP) is -1.76. The minimum atomic E-state index is -1.06. The molecule has 9 atom stereocenters. The Morgan fingerprint density at radius 3 is 2.39 bits per heavy atom. The van der Waals surface area contributed by atoms with Gasteiger partial charge in [0.05, 0.1) is 50.3 Å². The molecule has 28 heavy (non-hydrogen) atoms. The maximum absolute atomic E-state index is 10.5. The molecule has 10 nitrogen and oxygen atoms in total. The third kappa shape index (κ3) is 7.13. The van der Waals surface area contributed by atoms with Crippen LogP contribution in [0.3, 0.4) is 0 Å². The average molecular weight is 410 g/mol. The minimum Gasteiger partial charge on any atom is -0.394 e. The van der Waals surface area contributed by atoms with Crippen molar-refractivity contribution in [3.63, 3.8) is 0 Å². The highest BCUT2D eigenvalue weighted by atomic mass is 16.7. The van der Waals surface area contributed by atoms with Gasteiger partial charge in [-0.3, -0.25) is 0 Å². The molecule has 0 spiro atoms. The fourth-order valence-corrected chi connectivity index (χ4v) is 3.58. The molecular formula is C18H34O10. The summed E-state index contributed by atoms with van der Waals surface area (Å²) in [5.74, 6) is 0. The van der Waals surface area contributed by atoms with Crippen molar-refractivity contribution < 1.29 is 49.6 Å². The van der Waals surface area contributed by atoms with Crippen LogP contribution in [0, 0.1) is 0 Å². The number of aliphatic hydroxyl groups excluding tert-OH is 6. The quantitative estimate of drug-likeness (QED) is 0.228. The molecule has 9 unspecified atom stereocenters. The molecule has 0 aromatic heterocycles. The lowest BCUT2D eigenvalue weighted by atomic mass is 9.95. The highest BCUT2D eigenvalue weighted by molar-refractivity contribution is 4.88. The van der Waals surface area contributed by atoms with E-state index in [-0.39, 0.29) is 39.1 Å². The molecule has 0 saturated carbocycles. The Balaban J connectivity index is 1.85. The molecule has 0 aliphatic carbocycles. The molecule has 0 radical (unpaired) electrons. The first-order valence-corrected chi connectivity index (χ1v) is 9.84. The van der Waals surface area contributed by atoms with E-state index < -0.39 is 55.3 Å². The van der Waals surface area contributed by atoms with Gasteiger partial charge in [-0.2, -0.15) is 0 Å². The summed E-state index contributed by atoms with van der Waals surface area (Å²) < 4.78 is 22.3. The molecule has 2 fully saturated rings. The molecule has 2 saturated heterocycles. The van der Waals surface area contributed by atoms with Crippen LogP contribution >= 0.6 is 0 Å². The van der Waals surface area contributed by atoms with Gasteiger partial charge in [-0.05, 0) is 13.3 Å². The molecular weight excluding hydrogens is 376 g/mol. The summed E-state index contributed by atoms with van der Waals surface area (Å²) in [6.45, 7) is 0.818. The summed E-state index contributed by atoms with van der Waals surface area (Å²) in [6, 6.07) is 0. The van der Waals surface area contributed by atoms with Crippen LogP contribution in [-0.4, -0.2) is 106 Å². The fourth-order valence-electron chi connectivity index (χ4n) is 3.58. The summed E-state index contributed by atoms with van der Waals surface area (Å²) in [6.07, 6.45) is -5.15. The highest BCUT2D eigenvalue weighted by Crippen LogP contribution is 2.29. The first-order chi connectivity index (χ1) is 13.4. The van der Waals surface area contributed by atoms with Crippen molar-refractivity contribution in [3.05, 3.63) is 0 Å². The van der Waals surface area contributed by atoms with Crippen molar-refractivity contribution in [2.45, 2.75) is 94.3 Å². The van der Waals surface area contributed by atoms with Crippen molar-refractivity contribution in [2.24, 2.45) is 0 Å².